The Kier molecular flexibility index (Phi) is 5.37. The van der Waals surface area contributed by atoms with Crippen LogP contribution in [0.5, 0.6) is 0 Å². The molecule has 3 heterocycles. The molecule has 10 heteroatoms. The van der Waals surface area contributed by atoms with Crippen LogP contribution < -0.4 is 5.32 Å². The highest BCUT2D eigenvalue weighted by molar-refractivity contribution is 7.90. The highest BCUT2D eigenvalue weighted by Crippen LogP contribution is 2.34. The first kappa shape index (κ1) is 21.8. The fourth-order valence-electron chi connectivity index (χ4n) is 4.07. The molecule has 0 fully saturated rings. The van der Waals surface area contributed by atoms with Crippen LogP contribution in [0.4, 0.5) is 10.1 Å². The van der Waals surface area contributed by atoms with E-state index in [-0.39, 0.29) is 40.7 Å². The zero-order chi connectivity index (χ0) is 23.9. The number of sulfonamides is 1. The van der Waals surface area contributed by atoms with Gasteiger partial charge in [-0.3, -0.25) is 9.78 Å². The van der Waals surface area contributed by atoms with Crippen LogP contribution >= 0.6 is 0 Å². The van der Waals surface area contributed by atoms with Crippen molar-refractivity contribution in [2.45, 2.75) is 23.9 Å². The predicted molar refractivity (Wildman–Crippen MR) is 123 cm³/mol. The number of aliphatic hydroxyl groups is 1. The minimum absolute atomic E-state index is 0.0145. The molecular weight excluding hydrogens is 459 g/mol. The normalized spacial score (nSPS) is 19.0. The van der Waals surface area contributed by atoms with Crippen LogP contribution in [0.25, 0.3) is 0 Å². The van der Waals surface area contributed by atoms with Gasteiger partial charge in [-0.2, -0.15) is 8.42 Å². The third kappa shape index (κ3) is 3.92. The van der Waals surface area contributed by atoms with Gasteiger partial charge in [-0.05, 0) is 41.5 Å². The van der Waals surface area contributed by atoms with E-state index in [1.165, 1.54) is 23.1 Å². The van der Waals surface area contributed by atoms with Gasteiger partial charge in [0.05, 0.1) is 11.7 Å². The first-order valence-corrected chi connectivity index (χ1v) is 11.9. The first-order chi connectivity index (χ1) is 16.3. The lowest BCUT2D eigenvalue weighted by molar-refractivity contribution is -0.127. The number of aliphatic hydroxyl groups excluding tert-OH is 1. The summed E-state index contributed by atoms with van der Waals surface area (Å²) in [6.45, 7) is 0.0776. The van der Waals surface area contributed by atoms with Crippen LogP contribution in [0, 0.1) is 5.82 Å². The molecule has 0 unspecified atom stereocenters. The maximum Gasteiger partial charge on any atom is 0.286 e. The van der Waals surface area contributed by atoms with Gasteiger partial charge in [0, 0.05) is 25.4 Å². The number of rotatable bonds is 5. The number of aromatic nitrogens is 1. The van der Waals surface area contributed by atoms with Crippen molar-refractivity contribution in [1.82, 2.24) is 9.88 Å². The number of amidine groups is 1. The summed E-state index contributed by atoms with van der Waals surface area (Å²) in [6, 6.07) is 14.6. The summed E-state index contributed by atoms with van der Waals surface area (Å²) in [7, 11) is -4.08. The van der Waals surface area contributed by atoms with Crippen LogP contribution in [0.2, 0.25) is 0 Å². The third-order valence-electron chi connectivity index (χ3n) is 5.71. The van der Waals surface area contributed by atoms with E-state index in [0.29, 0.717) is 5.56 Å². The average Bonchev–Trinajstić information content (AvgIpc) is 3.04. The molecule has 1 amide bonds. The molecule has 0 bridgehead atoms. The van der Waals surface area contributed by atoms with E-state index in [4.69, 9.17) is 0 Å². The minimum atomic E-state index is -4.08. The van der Waals surface area contributed by atoms with Crippen LogP contribution in [0.3, 0.4) is 0 Å². The Labute approximate surface area is 195 Å². The first-order valence-electron chi connectivity index (χ1n) is 10.4. The van der Waals surface area contributed by atoms with Crippen molar-refractivity contribution in [3.8, 4) is 0 Å². The molecular formula is C24H19FN4O4S. The van der Waals surface area contributed by atoms with E-state index < -0.39 is 27.8 Å². The fraction of sp³-hybridized carbons (Fsp3) is 0.125. The number of hydrogen-bond donors (Lipinski definition) is 2. The van der Waals surface area contributed by atoms with E-state index in [1.807, 2.05) is 6.07 Å². The maximum absolute atomic E-state index is 13.5. The Hall–Kier alpha value is -4.05. The van der Waals surface area contributed by atoms with Gasteiger partial charge in [-0.1, -0.05) is 30.3 Å². The molecule has 0 radical (unpaired) electrons. The quantitative estimate of drug-likeness (QED) is 0.583. The topological polar surface area (TPSA) is 112 Å². The average molecular weight is 479 g/mol. The monoisotopic (exact) mass is 478 g/mol. The van der Waals surface area contributed by atoms with Crippen molar-refractivity contribution >= 4 is 27.5 Å². The highest BCUT2D eigenvalue weighted by atomic mass is 32.2. The number of benzene rings is 2. The Morgan fingerprint density at radius 1 is 1.03 bits per heavy atom. The number of anilines is 1. The largest absolute Gasteiger partial charge is 0.509 e. The third-order valence-corrected chi connectivity index (χ3v) is 7.04. The number of pyridine rings is 1. The van der Waals surface area contributed by atoms with E-state index in [1.54, 1.807) is 48.8 Å². The molecule has 8 nitrogen and oxygen atoms in total. The van der Waals surface area contributed by atoms with Gasteiger partial charge in [-0.25, -0.2) is 4.39 Å². The molecule has 1 atom stereocenters. The summed E-state index contributed by atoms with van der Waals surface area (Å²) in [5.41, 5.74) is 1.47. The minimum Gasteiger partial charge on any atom is -0.509 e. The van der Waals surface area contributed by atoms with Crippen LogP contribution in [-0.4, -0.2) is 41.2 Å². The van der Waals surface area contributed by atoms with Crippen molar-refractivity contribution in [1.29, 1.82) is 0 Å². The lowest BCUT2D eigenvalue weighted by Crippen LogP contribution is -2.37. The number of carbonyl (C=O) groups is 1. The molecule has 34 heavy (non-hydrogen) atoms. The summed E-state index contributed by atoms with van der Waals surface area (Å²) >= 11 is 0. The summed E-state index contributed by atoms with van der Waals surface area (Å²) in [5, 5.41) is 14.0. The van der Waals surface area contributed by atoms with E-state index in [2.05, 4.69) is 14.7 Å². The lowest BCUT2D eigenvalue weighted by Gasteiger charge is -2.25. The smallest absolute Gasteiger partial charge is 0.286 e. The summed E-state index contributed by atoms with van der Waals surface area (Å²) < 4.78 is 42.6. The van der Waals surface area contributed by atoms with Gasteiger partial charge in [0.1, 0.15) is 22.0 Å². The van der Waals surface area contributed by atoms with Gasteiger partial charge in [-0.15, -0.1) is 4.40 Å². The fourth-order valence-corrected chi connectivity index (χ4v) is 5.19. The molecule has 2 N–H and O–H groups in total. The van der Waals surface area contributed by atoms with E-state index in [0.717, 1.165) is 5.56 Å². The summed E-state index contributed by atoms with van der Waals surface area (Å²) in [4.78, 5) is 19.0. The van der Waals surface area contributed by atoms with Crippen LogP contribution in [-0.2, 0) is 27.8 Å². The van der Waals surface area contributed by atoms with Crippen molar-refractivity contribution < 1.29 is 22.7 Å². The van der Waals surface area contributed by atoms with Gasteiger partial charge in [0.2, 0.25) is 0 Å². The van der Waals surface area contributed by atoms with Crippen molar-refractivity contribution in [2.24, 2.45) is 4.40 Å². The van der Waals surface area contributed by atoms with Crippen molar-refractivity contribution in [3.05, 3.63) is 101 Å². The number of nitrogens with one attached hydrogen (secondary N) is 1. The molecule has 0 spiro atoms. The predicted octanol–water partition coefficient (Wildman–Crippen LogP) is 3.20. The highest BCUT2D eigenvalue weighted by Gasteiger charge is 2.43. The van der Waals surface area contributed by atoms with Crippen LogP contribution in [0.15, 0.2) is 93.7 Å². The summed E-state index contributed by atoms with van der Waals surface area (Å²) in [6.07, 6.45) is 3.49. The van der Waals surface area contributed by atoms with Gasteiger partial charge >= 0.3 is 0 Å². The number of halogens is 1. The second kappa shape index (κ2) is 8.38. The Morgan fingerprint density at radius 2 is 1.79 bits per heavy atom. The van der Waals surface area contributed by atoms with E-state index >= 15 is 0 Å². The molecule has 3 aromatic rings. The molecule has 172 valence electrons. The SMILES string of the molecule is O=C1C(C2=NS(=O)(=O)c3ccccc3N2)=C(O)[C@H](Cc2cccnc2)N1Cc1ccc(F)cc1. The molecule has 0 saturated carbocycles. The molecule has 2 aliphatic heterocycles. The number of hydrogen-bond acceptors (Lipinski definition) is 6. The molecule has 0 saturated heterocycles. The zero-order valence-electron chi connectivity index (χ0n) is 17.7. The zero-order valence-corrected chi connectivity index (χ0v) is 18.5. The Morgan fingerprint density at radius 3 is 2.53 bits per heavy atom. The number of amides is 1. The van der Waals surface area contributed by atoms with Gasteiger partial charge in [0.25, 0.3) is 15.9 Å². The van der Waals surface area contributed by atoms with E-state index in [9.17, 15) is 22.7 Å². The maximum atomic E-state index is 13.5. The summed E-state index contributed by atoms with van der Waals surface area (Å²) in [5.74, 6) is -1.53. The Bertz CT molecular complexity index is 1440. The number of nitrogens with zero attached hydrogens (tertiary/aromatic N) is 3. The van der Waals surface area contributed by atoms with Gasteiger partial charge in [0.15, 0.2) is 5.84 Å². The number of carbonyl (C=O) groups excluding carboxylic acids is 1. The molecule has 1 aromatic heterocycles. The molecule has 5 rings (SSSR count). The molecule has 0 aliphatic carbocycles. The van der Waals surface area contributed by atoms with Gasteiger partial charge < -0.3 is 15.3 Å². The second-order valence-electron chi connectivity index (χ2n) is 7.94. The number of para-hydroxylation sites is 1. The van der Waals surface area contributed by atoms with Crippen molar-refractivity contribution in [2.75, 3.05) is 5.32 Å². The molecule has 2 aliphatic rings. The lowest BCUT2D eigenvalue weighted by atomic mass is 10.0. The second-order valence-corrected chi connectivity index (χ2v) is 9.51. The number of fused-ring (bicyclic) bond motifs is 1. The van der Waals surface area contributed by atoms with Crippen LogP contribution in [0.1, 0.15) is 11.1 Å². The Balaban J connectivity index is 1.56. The standard InChI is InChI=1S/C24H19FN4O4S/c25-17-9-7-15(8-10-17)14-29-19(12-16-4-3-11-26-13-16)22(30)21(24(29)31)23-27-18-5-1-2-6-20(18)34(32,33)28-23/h1-11,13,19,30H,12,14H2,(H,27,28)/t19-/m0/s1. The molecule has 2 aromatic carbocycles. The van der Waals surface area contributed by atoms with Crippen molar-refractivity contribution in [3.63, 3.8) is 0 Å².